The van der Waals surface area contributed by atoms with Crippen LogP contribution in [0.4, 0.5) is 0 Å². The van der Waals surface area contributed by atoms with Gasteiger partial charge in [0.25, 0.3) is 0 Å². The van der Waals surface area contributed by atoms with E-state index in [1.165, 1.54) is 20.9 Å². The Bertz CT molecular complexity index is 929. The number of hydrogen-bond acceptors (Lipinski definition) is 3. The van der Waals surface area contributed by atoms with E-state index in [4.69, 9.17) is 5.73 Å². The summed E-state index contributed by atoms with van der Waals surface area (Å²) in [5, 5.41) is 11.2. The zero-order chi connectivity index (χ0) is 23.8. The molecule has 1 aromatic carbocycles. The highest BCUT2D eigenvalue weighted by Crippen LogP contribution is 2.45. The van der Waals surface area contributed by atoms with Gasteiger partial charge in [-0.25, -0.2) is 0 Å². The second-order valence-electron chi connectivity index (χ2n) is 10.4. The highest BCUT2D eigenvalue weighted by molar-refractivity contribution is 7.12. The van der Waals surface area contributed by atoms with E-state index in [1.54, 1.807) is 0 Å². The second kappa shape index (κ2) is 9.07. The molecule has 1 heterocycles. The third-order valence-corrected chi connectivity index (χ3v) is 9.18. The number of carbonyl (C=O) groups excluding carboxylic acids is 1. The molecule has 0 radical (unpaired) electrons. The van der Waals surface area contributed by atoms with Gasteiger partial charge in [-0.3, -0.25) is 4.79 Å². The predicted molar refractivity (Wildman–Crippen MR) is 133 cm³/mol. The number of amides is 1. The van der Waals surface area contributed by atoms with Crippen molar-refractivity contribution in [2.24, 2.45) is 17.1 Å². The minimum absolute atomic E-state index is 0.0929. The van der Waals surface area contributed by atoms with E-state index in [-0.39, 0.29) is 22.7 Å². The molecular formula is C27H41NO2S. The quantitative estimate of drug-likeness (QED) is 0.486. The van der Waals surface area contributed by atoms with Gasteiger partial charge in [-0.2, -0.15) is 0 Å². The molecule has 3 N–H and O–H groups in total. The number of thiophene rings is 1. The van der Waals surface area contributed by atoms with Crippen molar-refractivity contribution < 1.29 is 9.90 Å². The van der Waals surface area contributed by atoms with Crippen LogP contribution < -0.4 is 5.73 Å². The molecule has 0 aliphatic rings. The number of aryl methyl sites for hydroxylation is 2. The minimum Gasteiger partial charge on any atom is -0.389 e. The smallest absolute Gasteiger partial charge is 0.248 e. The standard InChI is InChI=1S/C27H41NO2S/c1-10-27(11-2,20-12-13-21(24(28)29)17(3)14-20)23-15-18(4)22(31-23)16-19(5)26(9,30)25(6,7)8/h12-15,19,30H,10-11,16H2,1-9H3,(H2,28,29). The molecular weight excluding hydrogens is 402 g/mol. The molecule has 0 aliphatic carbocycles. The zero-order valence-corrected chi connectivity index (χ0v) is 21.7. The number of carbonyl (C=O) groups is 1. The van der Waals surface area contributed by atoms with Gasteiger partial charge in [0.05, 0.1) is 5.60 Å². The number of rotatable bonds is 8. The van der Waals surface area contributed by atoms with Crippen LogP contribution in [0.2, 0.25) is 0 Å². The molecule has 2 rings (SSSR count). The zero-order valence-electron chi connectivity index (χ0n) is 20.8. The summed E-state index contributed by atoms with van der Waals surface area (Å²) >= 11 is 1.88. The molecule has 31 heavy (non-hydrogen) atoms. The lowest BCUT2D eigenvalue weighted by molar-refractivity contribution is -0.0834. The van der Waals surface area contributed by atoms with Crippen LogP contribution in [0.15, 0.2) is 24.3 Å². The molecule has 2 aromatic rings. The van der Waals surface area contributed by atoms with Gasteiger partial charge in [0.1, 0.15) is 0 Å². The van der Waals surface area contributed by atoms with Gasteiger partial charge in [-0.1, -0.05) is 53.7 Å². The summed E-state index contributed by atoms with van der Waals surface area (Å²) in [6, 6.07) is 8.41. The number of primary amides is 1. The monoisotopic (exact) mass is 443 g/mol. The largest absolute Gasteiger partial charge is 0.389 e. The maximum absolute atomic E-state index is 11.7. The molecule has 0 saturated carbocycles. The minimum atomic E-state index is -0.752. The maximum atomic E-state index is 11.7. The molecule has 0 fully saturated rings. The summed E-state index contributed by atoms with van der Waals surface area (Å²) in [4.78, 5) is 14.4. The Labute approximate surface area is 193 Å². The van der Waals surface area contributed by atoms with Crippen LogP contribution in [0.1, 0.15) is 98.1 Å². The molecule has 2 unspecified atom stereocenters. The first-order chi connectivity index (χ1) is 14.2. The van der Waals surface area contributed by atoms with Crippen molar-refractivity contribution in [2.75, 3.05) is 0 Å². The molecule has 2 atom stereocenters. The van der Waals surface area contributed by atoms with Crippen LogP contribution in [-0.2, 0) is 11.8 Å². The summed E-state index contributed by atoms with van der Waals surface area (Å²) in [5.41, 5.74) is 8.56. The lowest BCUT2D eigenvalue weighted by Gasteiger charge is -2.42. The molecule has 0 aliphatic heterocycles. The van der Waals surface area contributed by atoms with E-state index in [1.807, 2.05) is 31.3 Å². The summed E-state index contributed by atoms with van der Waals surface area (Å²) in [7, 11) is 0. The Morgan fingerprint density at radius 3 is 2.10 bits per heavy atom. The second-order valence-corrected chi connectivity index (χ2v) is 11.5. The van der Waals surface area contributed by atoms with E-state index in [9.17, 15) is 9.90 Å². The fourth-order valence-corrected chi connectivity index (χ4v) is 6.22. The summed E-state index contributed by atoms with van der Waals surface area (Å²) in [6.45, 7) is 19.1. The van der Waals surface area contributed by atoms with E-state index in [0.29, 0.717) is 5.56 Å². The van der Waals surface area contributed by atoms with Crippen molar-refractivity contribution in [3.8, 4) is 0 Å². The number of nitrogens with two attached hydrogens (primary N) is 1. The van der Waals surface area contributed by atoms with Gasteiger partial charge in [0.15, 0.2) is 0 Å². The van der Waals surface area contributed by atoms with Crippen molar-refractivity contribution in [1.82, 2.24) is 0 Å². The lowest BCUT2D eigenvalue weighted by atomic mass is 9.69. The molecule has 1 amide bonds. The van der Waals surface area contributed by atoms with Gasteiger partial charge in [0.2, 0.25) is 5.91 Å². The predicted octanol–water partition coefficient (Wildman–Crippen LogP) is 6.55. The third kappa shape index (κ3) is 4.75. The summed E-state index contributed by atoms with van der Waals surface area (Å²) < 4.78 is 0. The van der Waals surface area contributed by atoms with Gasteiger partial charge < -0.3 is 10.8 Å². The van der Waals surface area contributed by atoms with Crippen LogP contribution in [0.3, 0.4) is 0 Å². The van der Waals surface area contributed by atoms with Crippen molar-refractivity contribution >= 4 is 17.2 Å². The van der Waals surface area contributed by atoms with Crippen molar-refractivity contribution in [3.05, 3.63) is 56.3 Å². The van der Waals surface area contributed by atoms with Crippen molar-refractivity contribution in [3.63, 3.8) is 0 Å². The average Bonchev–Trinajstić information content (AvgIpc) is 3.02. The normalized spacial score (nSPS) is 15.5. The first-order valence-corrected chi connectivity index (χ1v) is 12.3. The van der Waals surface area contributed by atoms with E-state index in [0.717, 1.165) is 24.8 Å². The summed E-state index contributed by atoms with van der Waals surface area (Å²) in [6.07, 6.45) is 2.82. The Morgan fingerprint density at radius 2 is 1.65 bits per heavy atom. The fraction of sp³-hybridized carbons (Fsp3) is 0.593. The highest BCUT2D eigenvalue weighted by Gasteiger charge is 2.41. The number of hydrogen-bond donors (Lipinski definition) is 2. The first-order valence-electron chi connectivity index (χ1n) is 11.4. The van der Waals surface area contributed by atoms with Gasteiger partial charge in [0, 0.05) is 20.7 Å². The Kier molecular flexibility index (Phi) is 7.49. The molecule has 4 heteroatoms. The molecule has 1 aromatic heterocycles. The third-order valence-electron chi connectivity index (χ3n) is 7.71. The Hall–Kier alpha value is -1.65. The van der Waals surface area contributed by atoms with Crippen molar-refractivity contribution in [1.29, 1.82) is 0 Å². The van der Waals surface area contributed by atoms with Gasteiger partial charge in [-0.05, 0) is 80.2 Å². The van der Waals surface area contributed by atoms with E-state index >= 15 is 0 Å². The molecule has 3 nitrogen and oxygen atoms in total. The van der Waals surface area contributed by atoms with Crippen molar-refractivity contribution in [2.45, 2.75) is 92.6 Å². The topological polar surface area (TPSA) is 63.3 Å². The average molecular weight is 444 g/mol. The highest BCUT2D eigenvalue weighted by atomic mass is 32.1. The lowest BCUT2D eigenvalue weighted by Crippen LogP contribution is -2.46. The molecule has 0 bridgehead atoms. The van der Waals surface area contributed by atoms with Crippen LogP contribution in [-0.4, -0.2) is 16.6 Å². The van der Waals surface area contributed by atoms with Gasteiger partial charge >= 0.3 is 0 Å². The Morgan fingerprint density at radius 1 is 1.06 bits per heavy atom. The van der Waals surface area contributed by atoms with Crippen LogP contribution in [0.5, 0.6) is 0 Å². The van der Waals surface area contributed by atoms with Gasteiger partial charge in [-0.15, -0.1) is 11.3 Å². The fourth-order valence-electron chi connectivity index (χ4n) is 4.56. The SMILES string of the molecule is CCC(CC)(c1ccc(C(N)=O)c(C)c1)c1cc(C)c(CC(C)C(C)(O)C(C)(C)C)s1. The first kappa shape index (κ1) is 25.6. The van der Waals surface area contributed by atoms with E-state index < -0.39 is 5.60 Å². The Balaban J connectivity index is 2.48. The maximum Gasteiger partial charge on any atom is 0.248 e. The van der Waals surface area contributed by atoms with E-state index in [2.05, 4.69) is 66.7 Å². The number of aliphatic hydroxyl groups is 1. The molecule has 172 valence electrons. The van der Waals surface area contributed by atoms with Crippen LogP contribution in [0, 0.1) is 25.2 Å². The van der Waals surface area contributed by atoms with Crippen LogP contribution in [0.25, 0.3) is 0 Å². The molecule has 0 saturated heterocycles. The molecule has 0 spiro atoms. The van der Waals surface area contributed by atoms with Crippen LogP contribution >= 0.6 is 11.3 Å². The number of benzene rings is 1. The summed E-state index contributed by atoms with van der Waals surface area (Å²) in [5.74, 6) is -0.232.